The lowest BCUT2D eigenvalue weighted by Gasteiger charge is -1.86. The highest BCUT2D eigenvalue weighted by molar-refractivity contribution is 5.47. The molecule has 0 aromatic heterocycles. The fourth-order valence-corrected chi connectivity index (χ4v) is 0.757. The van der Waals surface area contributed by atoms with Gasteiger partial charge >= 0.3 is 0 Å². The Morgan fingerprint density at radius 3 is 2.00 bits per heavy atom. The zero-order valence-corrected chi connectivity index (χ0v) is 7.95. The molecular formula is C11H16O. The van der Waals surface area contributed by atoms with E-state index in [4.69, 9.17) is 0 Å². The highest BCUT2D eigenvalue weighted by Gasteiger charge is 1.77. The Bertz CT molecular complexity index is 202. The predicted molar refractivity (Wildman–Crippen MR) is 54.1 cm³/mol. The SMILES string of the molecule is C/C=C/c1ccccc1.COC. The van der Waals surface area contributed by atoms with Crippen molar-refractivity contribution in [3.63, 3.8) is 0 Å². The van der Waals surface area contributed by atoms with Crippen molar-refractivity contribution >= 4 is 6.08 Å². The first-order valence-electron chi connectivity index (χ1n) is 3.93. The van der Waals surface area contributed by atoms with Gasteiger partial charge in [0.15, 0.2) is 0 Å². The van der Waals surface area contributed by atoms with Gasteiger partial charge in [-0.2, -0.15) is 0 Å². The summed E-state index contributed by atoms with van der Waals surface area (Å²) in [5, 5.41) is 0. The summed E-state index contributed by atoms with van der Waals surface area (Å²) in [7, 11) is 3.25. The molecular weight excluding hydrogens is 148 g/mol. The van der Waals surface area contributed by atoms with E-state index in [0.29, 0.717) is 0 Å². The molecule has 0 heterocycles. The van der Waals surface area contributed by atoms with Crippen LogP contribution >= 0.6 is 0 Å². The van der Waals surface area contributed by atoms with E-state index in [9.17, 15) is 0 Å². The third-order valence-electron chi connectivity index (χ3n) is 1.16. The molecule has 0 saturated heterocycles. The Kier molecular flexibility index (Phi) is 7.30. The van der Waals surface area contributed by atoms with Crippen LogP contribution in [0.15, 0.2) is 36.4 Å². The van der Waals surface area contributed by atoms with Crippen LogP contribution in [0.3, 0.4) is 0 Å². The topological polar surface area (TPSA) is 9.23 Å². The number of benzene rings is 1. The van der Waals surface area contributed by atoms with Crippen LogP contribution in [0.5, 0.6) is 0 Å². The molecule has 0 radical (unpaired) electrons. The van der Waals surface area contributed by atoms with E-state index in [1.807, 2.05) is 31.2 Å². The fourth-order valence-electron chi connectivity index (χ4n) is 0.757. The Labute approximate surface area is 74.7 Å². The summed E-state index contributed by atoms with van der Waals surface area (Å²) in [6.07, 6.45) is 4.12. The van der Waals surface area contributed by atoms with Gasteiger partial charge in [-0.15, -0.1) is 0 Å². The minimum Gasteiger partial charge on any atom is -0.388 e. The quantitative estimate of drug-likeness (QED) is 0.620. The summed E-state index contributed by atoms with van der Waals surface area (Å²) in [6.45, 7) is 2.02. The zero-order valence-electron chi connectivity index (χ0n) is 7.95. The van der Waals surface area contributed by atoms with Gasteiger partial charge in [0.1, 0.15) is 0 Å². The van der Waals surface area contributed by atoms with Gasteiger partial charge in [-0.05, 0) is 12.5 Å². The van der Waals surface area contributed by atoms with Crippen molar-refractivity contribution < 1.29 is 4.74 Å². The van der Waals surface area contributed by atoms with Crippen molar-refractivity contribution in [1.82, 2.24) is 0 Å². The summed E-state index contributed by atoms with van der Waals surface area (Å²) < 4.78 is 4.25. The lowest BCUT2D eigenvalue weighted by atomic mass is 10.2. The molecule has 0 unspecified atom stereocenters. The fraction of sp³-hybridized carbons (Fsp3) is 0.273. The maximum Gasteiger partial charge on any atom is 0.0351 e. The van der Waals surface area contributed by atoms with E-state index in [2.05, 4.69) is 22.9 Å². The normalized spacial score (nSPS) is 9.25. The molecule has 66 valence electrons. The van der Waals surface area contributed by atoms with Gasteiger partial charge in [0.05, 0.1) is 0 Å². The third kappa shape index (κ3) is 5.69. The molecule has 0 saturated carbocycles. The molecule has 0 aliphatic heterocycles. The highest BCUT2D eigenvalue weighted by atomic mass is 16.4. The molecule has 1 aromatic rings. The van der Waals surface area contributed by atoms with Crippen molar-refractivity contribution in [1.29, 1.82) is 0 Å². The first-order valence-corrected chi connectivity index (χ1v) is 3.93. The van der Waals surface area contributed by atoms with Crippen LogP contribution in [0.4, 0.5) is 0 Å². The lowest BCUT2D eigenvalue weighted by Crippen LogP contribution is -1.65. The van der Waals surface area contributed by atoms with Crippen molar-refractivity contribution in [3.05, 3.63) is 42.0 Å². The van der Waals surface area contributed by atoms with Gasteiger partial charge in [-0.25, -0.2) is 0 Å². The molecule has 0 aliphatic carbocycles. The minimum absolute atomic E-state index is 1.26. The first kappa shape index (κ1) is 10.9. The van der Waals surface area contributed by atoms with Crippen LogP contribution in [0.1, 0.15) is 12.5 Å². The van der Waals surface area contributed by atoms with Gasteiger partial charge < -0.3 is 4.74 Å². The van der Waals surface area contributed by atoms with Crippen LogP contribution in [0.2, 0.25) is 0 Å². The average molecular weight is 164 g/mol. The van der Waals surface area contributed by atoms with E-state index < -0.39 is 0 Å². The number of rotatable bonds is 1. The number of hydrogen-bond acceptors (Lipinski definition) is 1. The molecule has 1 rings (SSSR count). The molecule has 0 fully saturated rings. The van der Waals surface area contributed by atoms with E-state index in [1.165, 1.54) is 5.56 Å². The number of hydrogen-bond donors (Lipinski definition) is 0. The molecule has 0 N–H and O–H groups in total. The van der Waals surface area contributed by atoms with Gasteiger partial charge in [0.2, 0.25) is 0 Å². The molecule has 0 bridgehead atoms. The Balaban J connectivity index is 0.000000354. The molecule has 0 spiro atoms. The van der Waals surface area contributed by atoms with E-state index in [-0.39, 0.29) is 0 Å². The number of methoxy groups -OCH3 is 1. The summed E-state index contributed by atoms with van der Waals surface area (Å²) in [6, 6.07) is 10.3. The second kappa shape index (κ2) is 8.02. The van der Waals surface area contributed by atoms with E-state index in [0.717, 1.165) is 0 Å². The third-order valence-corrected chi connectivity index (χ3v) is 1.16. The smallest absolute Gasteiger partial charge is 0.0351 e. The Morgan fingerprint density at radius 2 is 1.58 bits per heavy atom. The van der Waals surface area contributed by atoms with Crippen molar-refractivity contribution in [2.75, 3.05) is 14.2 Å². The Morgan fingerprint density at radius 1 is 1.08 bits per heavy atom. The number of allylic oxidation sites excluding steroid dienone is 1. The van der Waals surface area contributed by atoms with Crippen molar-refractivity contribution in [3.8, 4) is 0 Å². The second-order valence-electron chi connectivity index (χ2n) is 2.32. The predicted octanol–water partition coefficient (Wildman–Crippen LogP) is 2.98. The van der Waals surface area contributed by atoms with Crippen molar-refractivity contribution in [2.45, 2.75) is 6.92 Å². The monoisotopic (exact) mass is 164 g/mol. The molecule has 1 heteroatoms. The van der Waals surface area contributed by atoms with Gasteiger partial charge in [0, 0.05) is 14.2 Å². The molecule has 1 nitrogen and oxygen atoms in total. The summed E-state index contributed by atoms with van der Waals surface area (Å²) >= 11 is 0. The molecule has 0 amide bonds. The summed E-state index contributed by atoms with van der Waals surface area (Å²) in [5.74, 6) is 0. The Hall–Kier alpha value is -1.08. The molecule has 0 atom stereocenters. The van der Waals surface area contributed by atoms with Crippen LogP contribution in [0.25, 0.3) is 6.08 Å². The van der Waals surface area contributed by atoms with Crippen molar-refractivity contribution in [2.24, 2.45) is 0 Å². The summed E-state index contributed by atoms with van der Waals surface area (Å²) in [5.41, 5.74) is 1.26. The second-order valence-corrected chi connectivity index (χ2v) is 2.32. The minimum atomic E-state index is 1.26. The van der Waals surface area contributed by atoms with E-state index >= 15 is 0 Å². The molecule has 12 heavy (non-hydrogen) atoms. The van der Waals surface area contributed by atoms with Gasteiger partial charge in [-0.1, -0.05) is 42.5 Å². The maximum absolute atomic E-state index is 4.25. The summed E-state index contributed by atoms with van der Waals surface area (Å²) in [4.78, 5) is 0. The van der Waals surface area contributed by atoms with E-state index in [1.54, 1.807) is 14.2 Å². The highest BCUT2D eigenvalue weighted by Crippen LogP contribution is 1.99. The van der Waals surface area contributed by atoms with Crippen LogP contribution in [-0.4, -0.2) is 14.2 Å². The zero-order chi connectivity index (χ0) is 9.23. The average Bonchev–Trinajstić information content (AvgIpc) is 2.08. The van der Waals surface area contributed by atoms with Crippen LogP contribution in [-0.2, 0) is 4.74 Å². The largest absolute Gasteiger partial charge is 0.388 e. The first-order chi connectivity index (χ1) is 5.85. The van der Waals surface area contributed by atoms with Gasteiger partial charge in [0.25, 0.3) is 0 Å². The number of ether oxygens (including phenoxy) is 1. The van der Waals surface area contributed by atoms with Gasteiger partial charge in [-0.3, -0.25) is 0 Å². The molecule has 1 aromatic carbocycles. The molecule has 0 aliphatic rings. The van der Waals surface area contributed by atoms with Crippen LogP contribution in [0, 0.1) is 0 Å². The maximum atomic E-state index is 4.25. The van der Waals surface area contributed by atoms with Crippen LogP contribution < -0.4 is 0 Å². The lowest BCUT2D eigenvalue weighted by molar-refractivity contribution is 0.277. The standard InChI is InChI=1S/C9H10.C2H6O/c1-2-6-9-7-4-3-5-8-9;1-3-2/h2-8H,1H3;1-2H3/b6-2+;.